The monoisotopic (exact) mass is 278 g/mol. The summed E-state index contributed by atoms with van der Waals surface area (Å²) in [5.41, 5.74) is 2.10. The molecule has 1 saturated heterocycles. The van der Waals surface area contributed by atoms with Crippen LogP contribution in [0.5, 0.6) is 5.75 Å². The Hall–Kier alpha value is -1.13. The Morgan fingerprint density at radius 3 is 3.00 bits per heavy atom. The van der Waals surface area contributed by atoms with Crippen molar-refractivity contribution < 1.29 is 9.47 Å². The van der Waals surface area contributed by atoms with Gasteiger partial charge in [0.15, 0.2) is 0 Å². The van der Waals surface area contributed by atoms with Gasteiger partial charge in [-0.25, -0.2) is 0 Å². The van der Waals surface area contributed by atoms with Crippen LogP contribution in [0, 0.1) is 6.92 Å². The molecule has 0 saturated carbocycles. The lowest BCUT2D eigenvalue weighted by Gasteiger charge is -2.23. The molecule has 0 bridgehead atoms. The van der Waals surface area contributed by atoms with Gasteiger partial charge in [0.1, 0.15) is 12.4 Å². The number of hydrogen-bond acceptors (Lipinski definition) is 4. The molecule has 0 aromatic carbocycles. The summed E-state index contributed by atoms with van der Waals surface area (Å²) in [5, 5.41) is 3.41. The third kappa shape index (κ3) is 4.76. The minimum Gasteiger partial charge on any atom is -0.490 e. The van der Waals surface area contributed by atoms with Crippen LogP contribution in [0.2, 0.25) is 0 Å². The molecule has 20 heavy (non-hydrogen) atoms. The SMILES string of the molecule is Cc1cc(OCC2CCCCO2)c(CNC(C)C)cn1. The lowest BCUT2D eigenvalue weighted by atomic mass is 10.1. The van der Waals surface area contributed by atoms with Crippen LogP contribution in [0.1, 0.15) is 44.4 Å². The minimum atomic E-state index is 0.239. The molecule has 4 nitrogen and oxygen atoms in total. The number of aryl methyl sites for hydroxylation is 1. The molecular weight excluding hydrogens is 252 g/mol. The molecular formula is C16H26N2O2. The van der Waals surface area contributed by atoms with E-state index in [1.165, 1.54) is 12.8 Å². The van der Waals surface area contributed by atoms with Crippen LogP contribution >= 0.6 is 0 Å². The van der Waals surface area contributed by atoms with Crippen LogP contribution in [-0.4, -0.2) is 30.3 Å². The van der Waals surface area contributed by atoms with E-state index in [-0.39, 0.29) is 6.10 Å². The second-order valence-corrected chi connectivity index (χ2v) is 5.77. The molecule has 2 heterocycles. The number of aromatic nitrogens is 1. The summed E-state index contributed by atoms with van der Waals surface area (Å²) < 4.78 is 11.7. The van der Waals surface area contributed by atoms with Crippen molar-refractivity contribution in [3.8, 4) is 5.75 Å². The summed E-state index contributed by atoms with van der Waals surface area (Å²) >= 11 is 0. The van der Waals surface area contributed by atoms with Crippen molar-refractivity contribution in [1.29, 1.82) is 0 Å². The molecule has 2 rings (SSSR count). The molecule has 1 aromatic heterocycles. The predicted molar refractivity (Wildman–Crippen MR) is 80.0 cm³/mol. The quantitative estimate of drug-likeness (QED) is 0.869. The van der Waals surface area contributed by atoms with Gasteiger partial charge in [-0.2, -0.15) is 0 Å². The highest BCUT2D eigenvalue weighted by atomic mass is 16.5. The van der Waals surface area contributed by atoms with Crippen LogP contribution < -0.4 is 10.1 Å². The number of ether oxygens (including phenoxy) is 2. The fraction of sp³-hybridized carbons (Fsp3) is 0.688. The van der Waals surface area contributed by atoms with Crippen molar-refractivity contribution in [2.24, 2.45) is 0 Å². The largest absolute Gasteiger partial charge is 0.490 e. The first-order valence-electron chi connectivity index (χ1n) is 7.58. The van der Waals surface area contributed by atoms with E-state index in [1.54, 1.807) is 0 Å². The Bertz CT molecular complexity index is 415. The van der Waals surface area contributed by atoms with Crippen molar-refractivity contribution in [3.05, 3.63) is 23.5 Å². The number of pyridine rings is 1. The Balaban J connectivity index is 1.95. The molecule has 1 atom stereocenters. The zero-order chi connectivity index (χ0) is 14.4. The van der Waals surface area contributed by atoms with Gasteiger partial charge in [-0.15, -0.1) is 0 Å². The molecule has 112 valence electrons. The third-order valence-corrected chi connectivity index (χ3v) is 3.48. The second-order valence-electron chi connectivity index (χ2n) is 5.77. The van der Waals surface area contributed by atoms with Crippen molar-refractivity contribution in [2.75, 3.05) is 13.2 Å². The molecule has 1 unspecified atom stereocenters. The number of nitrogens with zero attached hydrogens (tertiary/aromatic N) is 1. The zero-order valence-corrected chi connectivity index (χ0v) is 12.8. The van der Waals surface area contributed by atoms with Crippen molar-refractivity contribution in [1.82, 2.24) is 10.3 Å². The van der Waals surface area contributed by atoms with Gasteiger partial charge < -0.3 is 14.8 Å². The molecule has 1 aromatic rings. The predicted octanol–water partition coefficient (Wildman–Crippen LogP) is 2.84. The topological polar surface area (TPSA) is 43.4 Å². The molecule has 0 amide bonds. The summed E-state index contributed by atoms with van der Waals surface area (Å²) in [5.74, 6) is 0.930. The van der Waals surface area contributed by atoms with Crippen LogP contribution in [0.4, 0.5) is 0 Å². The maximum absolute atomic E-state index is 5.98. The third-order valence-electron chi connectivity index (χ3n) is 3.48. The molecule has 0 spiro atoms. The van der Waals surface area contributed by atoms with Gasteiger partial charge in [0.2, 0.25) is 0 Å². The van der Waals surface area contributed by atoms with Gasteiger partial charge in [0, 0.05) is 42.7 Å². The average molecular weight is 278 g/mol. The van der Waals surface area contributed by atoms with Gasteiger partial charge >= 0.3 is 0 Å². The van der Waals surface area contributed by atoms with E-state index < -0.39 is 0 Å². The molecule has 1 N–H and O–H groups in total. The van der Waals surface area contributed by atoms with Crippen molar-refractivity contribution in [3.63, 3.8) is 0 Å². The standard InChI is InChI=1S/C16H26N2O2/c1-12(2)17-9-14-10-18-13(3)8-16(14)20-11-15-6-4-5-7-19-15/h8,10,12,15,17H,4-7,9,11H2,1-3H3. The normalized spacial score (nSPS) is 19.3. The summed E-state index contributed by atoms with van der Waals surface area (Å²) in [6.07, 6.45) is 5.66. The van der Waals surface area contributed by atoms with Crippen LogP contribution in [0.25, 0.3) is 0 Å². The number of hydrogen-bond donors (Lipinski definition) is 1. The summed E-state index contributed by atoms with van der Waals surface area (Å²) in [6.45, 7) is 8.55. The highest BCUT2D eigenvalue weighted by Gasteiger charge is 2.15. The molecule has 1 aliphatic rings. The highest BCUT2D eigenvalue weighted by Crippen LogP contribution is 2.21. The fourth-order valence-electron chi connectivity index (χ4n) is 2.27. The average Bonchev–Trinajstić information content (AvgIpc) is 2.45. The fourth-order valence-corrected chi connectivity index (χ4v) is 2.27. The lowest BCUT2D eigenvalue weighted by molar-refractivity contribution is -0.0112. The maximum Gasteiger partial charge on any atom is 0.127 e. The molecule has 0 aliphatic carbocycles. The van der Waals surface area contributed by atoms with Gasteiger partial charge in [-0.05, 0) is 26.2 Å². The Morgan fingerprint density at radius 1 is 1.45 bits per heavy atom. The van der Waals surface area contributed by atoms with Gasteiger partial charge in [-0.1, -0.05) is 13.8 Å². The van der Waals surface area contributed by atoms with Crippen LogP contribution in [-0.2, 0) is 11.3 Å². The minimum absolute atomic E-state index is 0.239. The Kier molecular flexibility index (Phi) is 5.80. The van der Waals surface area contributed by atoms with E-state index in [1.807, 2.05) is 19.2 Å². The first-order valence-corrected chi connectivity index (χ1v) is 7.58. The summed E-state index contributed by atoms with van der Waals surface area (Å²) in [7, 11) is 0. The van der Waals surface area contributed by atoms with E-state index in [4.69, 9.17) is 9.47 Å². The van der Waals surface area contributed by atoms with Crippen molar-refractivity contribution in [2.45, 2.75) is 58.7 Å². The molecule has 1 aliphatic heterocycles. The zero-order valence-electron chi connectivity index (χ0n) is 12.8. The second kappa shape index (κ2) is 7.60. The smallest absolute Gasteiger partial charge is 0.127 e. The first kappa shape index (κ1) is 15.3. The van der Waals surface area contributed by atoms with E-state index in [0.29, 0.717) is 12.6 Å². The number of rotatable bonds is 6. The Morgan fingerprint density at radius 2 is 2.30 bits per heavy atom. The highest BCUT2D eigenvalue weighted by molar-refractivity contribution is 5.32. The maximum atomic E-state index is 5.98. The van der Waals surface area contributed by atoms with E-state index in [0.717, 1.165) is 36.6 Å². The van der Waals surface area contributed by atoms with Crippen LogP contribution in [0.3, 0.4) is 0 Å². The first-order chi connectivity index (χ1) is 9.65. The van der Waals surface area contributed by atoms with Gasteiger partial charge in [0.05, 0.1) is 6.10 Å². The number of nitrogens with one attached hydrogen (secondary N) is 1. The van der Waals surface area contributed by atoms with E-state index in [2.05, 4.69) is 24.1 Å². The summed E-state index contributed by atoms with van der Waals surface area (Å²) in [6, 6.07) is 2.46. The molecule has 4 heteroatoms. The van der Waals surface area contributed by atoms with Crippen LogP contribution in [0.15, 0.2) is 12.3 Å². The lowest BCUT2D eigenvalue weighted by Crippen LogP contribution is -2.26. The van der Waals surface area contributed by atoms with Crippen molar-refractivity contribution >= 4 is 0 Å². The van der Waals surface area contributed by atoms with E-state index in [9.17, 15) is 0 Å². The van der Waals surface area contributed by atoms with E-state index >= 15 is 0 Å². The van der Waals surface area contributed by atoms with Gasteiger partial charge in [-0.3, -0.25) is 4.98 Å². The molecule has 0 radical (unpaired) electrons. The van der Waals surface area contributed by atoms with Gasteiger partial charge in [0.25, 0.3) is 0 Å². The Labute approximate surface area is 121 Å². The molecule has 1 fully saturated rings. The summed E-state index contributed by atoms with van der Waals surface area (Å²) in [4.78, 5) is 4.36.